The first-order chi connectivity index (χ1) is 20.9. The summed E-state index contributed by atoms with van der Waals surface area (Å²) in [6.07, 6.45) is 6.34. The monoisotopic (exact) mass is 591 g/mol. The van der Waals surface area contributed by atoms with Crippen LogP contribution in [-0.2, 0) is 6.42 Å². The molecule has 3 aliphatic heterocycles. The van der Waals surface area contributed by atoms with E-state index in [0.29, 0.717) is 64.7 Å². The Kier molecular flexibility index (Phi) is 7.25. The number of hydrazine groups is 1. The summed E-state index contributed by atoms with van der Waals surface area (Å²) in [5.74, 6) is -0.546. The quantitative estimate of drug-likeness (QED) is 0.275. The summed E-state index contributed by atoms with van der Waals surface area (Å²) in [7, 11) is 0. The molecule has 226 valence electrons. The number of ether oxygens (including phenoxy) is 1. The van der Waals surface area contributed by atoms with Crippen molar-refractivity contribution >= 4 is 33.2 Å². The van der Waals surface area contributed by atoms with E-state index >= 15 is 4.39 Å². The van der Waals surface area contributed by atoms with Crippen LogP contribution in [0, 0.1) is 11.6 Å². The Labute approximate surface area is 248 Å². The van der Waals surface area contributed by atoms with Gasteiger partial charge in [-0.2, -0.15) is 9.97 Å². The third-order valence-corrected chi connectivity index (χ3v) is 9.29. The number of rotatable bonds is 6. The zero-order valence-corrected chi connectivity index (χ0v) is 24.3. The number of nitrogen functional groups attached to an aromatic ring is 1. The maximum Gasteiger partial charge on any atom is 0.319 e. The minimum absolute atomic E-state index is 0.0288. The van der Waals surface area contributed by atoms with E-state index in [4.69, 9.17) is 15.5 Å². The van der Waals surface area contributed by atoms with Crippen LogP contribution in [0.15, 0.2) is 30.5 Å². The number of alkyl halides is 1. The third-order valence-electron chi connectivity index (χ3n) is 9.29. The van der Waals surface area contributed by atoms with Crippen LogP contribution in [0.3, 0.4) is 0 Å². The van der Waals surface area contributed by atoms with Crippen LogP contribution in [0.1, 0.15) is 51.0 Å². The molecule has 0 radical (unpaired) electrons. The second kappa shape index (κ2) is 11.1. The van der Waals surface area contributed by atoms with Gasteiger partial charge in [0.1, 0.15) is 29.8 Å². The normalized spacial score (nSPS) is 22.8. The highest BCUT2D eigenvalue weighted by Crippen LogP contribution is 2.41. The minimum atomic E-state index is -0.893. The fourth-order valence-corrected chi connectivity index (χ4v) is 7.24. The molecule has 4 aromatic rings. The molecule has 0 unspecified atom stereocenters. The summed E-state index contributed by atoms with van der Waals surface area (Å²) in [5.41, 5.74) is 10.6. The smallest absolute Gasteiger partial charge is 0.319 e. The van der Waals surface area contributed by atoms with Crippen LogP contribution in [-0.4, -0.2) is 64.3 Å². The van der Waals surface area contributed by atoms with Gasteiger partial charge in [0, 0.05) is 43.5 Å². The van der Waals surface area contributed by atoms with E-state index in [2.05, 4.69) is 20.3 Å². The van der Waals surface area contributed by atoms with Gasteiger partial charge in [0.05, 0.1) is 10.9 Å². The molecule has 3 aliphatic rings. The number of aryl methyl sites for hydroxylation is 1. The highest BCUT2D eigenvalue weighted by atomic mass is 19.1. The molecule has 0 aliphatic carbocycles. The Balaban J connectivity index is 1.37. The van der Waals surface area contributed by atoms with Crippen LogP contribution in [0.25, 0.3) is 32.9 Å². The van der Waals surface area contributed by atoms with E-state index < -0.39 is 17.5 Å². The summed E-state index contributed by atoms with van der Waals surface area (Å²) < 4.78 is 52.3. The lowest BCUT2D eigenvalue weighted by Gasteiger charge is -2.31. The lowest BCUT2D eigenvalue weighted by atomic mass is 9.94. The average Bonchev–Trinajstić information content (AvgIpc) is 3.37. The third kappa shape index (κ3) is 4.92. The first-order valence-electron chi connectivity index (χ1n) is 15.3. The summed E-state index contributed by atoms with van der Waals surface area (Å²) >= 11 is 0. The lowest BCUT2D eigenvalue weighted by Crippen LogP contribution is -2.43. The first-order valence-corrected chi connectivity index (χ1v) is 15.3. The van der Waals surface area contributed by atoms with Crippen LogP contribution < -0.4 is 20.9 Å². The number of benzene rings is 2. The second-order valence-corrected chi connectivity index (χ2v) is 12.0. The number of nitrogens with two attached hydrogens (primary N) is 1. The van der Waals surface area contributed by atoms with Crippen molar-refractivity contribution in [2.45, 2.75) is 63.6 Å². The van der Waals surface area contributed by atoms with Gasteiger partial charge in [0.25, 0.3) is 0 Å². The number of nitrogens with zero attached hydrogens (tertiary/aromatic N) is 5. The molecule has 0 spiro atoms. The molecule has 2 atom stereocenters. The fraction of sp³-hybridized carbons (Fsp3) is 0.469. The number of pyridine rings is 1. The van der Waals surface area contributed by atoms with Gasteiger partial charge in [0.2, 0.25) is 0 Å². The number of anilines is 2. The van der Waals surface area contributed by atoms with Crippen LogP contribution in [0.4, 0.5) is 24.7 Å². The van der Waals surface area contributed by atoms with E-state index in [0.717, 1.165) is 45.2 Å². The molecule has 7 rings (SSSR count). The summed E-state index contributed by atoms with van der Waals surface area (Å²) in [5, 5.41) is 3.63. The van der Waals surface area contributed by atoms with Gasteiger partial charge >= 0.3 is 6.01 Å². The maximum absolute atomic E-state index is 16.7. The predicted octanol–water partition coefficient (Wildman–Crippen LogP) is 5.72. The van der Waals surface area contributed by atoms with E-state index in [-0.39, 0.29) is 29.6 Å². The molecule has 0 bridgehead atoms. The molecule has 0 amide bonds. The standard InChI is InChI=1S/C32H36F3N7O/c1-2-22-25(34)8-7-19-13-21(36)14-23(26(19)22)28-27(35)29-24(16-37-28)30(42-12-5-3-4-10-38-42)40-31(39-29)43-18-32-9-6-11-41(32)17-20(33)15-32/h7-8,13-14,16,20,38H,2-6,9-12,15,17-18,36H2,1H3/t20-,32+/m1/s1. The fourth-order valence-electron chi connectivity index (χ4n) is 7.24. The molecule has 43 heavy (non-hydrogen) atoms. The van der Waals surface area contributed by atoms with Gasteiger partial charge in [-0.05, 0) is 73.2 Å². The number of halogens is 3. The zero-order valence-electron chi connectivity index (χ0n) is 24.3. The molecule has 11 heteroatoms. The highest BCUT2D eigenvalue weighted by Gasteiger charge is 2.49. The summed E-state index contributed by atoms with van der Waals surface area (Å²) in [6, 6.07) is 6.48. The summed E-state index contributed by atoms with van der Waals surface area (Å²) in [6.45, 7) is 4.76. The van der Waals surface area contributed by atoms with Crippen LogP contribution in [0.5, 0.6) is 6.01 Å². The van der Waals surface area contributed by atoms with Gasteiger partial charge in [-0.1, -0.05) is 19.4 Å². The van der Waals surface area contributed by atoms with Crippen molar-refractivity contribution in [3.63, 3.8) is 0 Å². The number of hydrogen-bond donors (Lipinski definition) is 2. The van der Waals surface area contributed by atoms with Crippen molar-refractivity contribution in [3.8, 4) is 17.3 Å². The van der Waals surface area contributed by atoms with E-state index in [1.807, 2.05) is 11.9 Å². The van der Waals surface area contributed by atoms with Gasteiger partial charge in [-0.25, -0.2) is 18.6 Å². The van der Waals surface area contributed by atoms with Gasteiger partial charge in [-0.15, -0.1) is 0 Å². The Morgan fingerprint density at radius 2 is 2.00 bits per heavy atom. The number of nitrogens with one attached hydrogen (secondary N) is 1. The first kappa shape index (κ1) is 28.1. The van der Waals surface area contributed by atoms with E-state index in [9.17, 15) is 8.78 Å². The molecular formula is C32H36F3N7O. The summed E-state index contributed by atoms with van der Waals surface area (Å²) in [4.78, 5) is 16.0. The van der Waals surface area contributed by atoms with Crippen LogP contribution >= 0.6 is 0 Å². The van der Waals surface area contributed by atoms with Gasteiger partial charge in [0.15, 0.2) is 11.6 Å². The number of fused-ring (bicyclic) bond motifs is 3. The minimum Gasteiger partial charge on any atom is -0.461 e. The number of hydrogen-bond acceptors (Lipinski definition) is 8. The molecule has 0 saturated carbocycles. The molecule has 2 aromatic heterocycles. The van der Waals surface area contributed by atoms with Crippen molar-refractivity contribution in [1.82, 2.24) is 25.3 Å². The van der Waals surface area contributed by atoms with E-state index in [1.54, 1.807) is 24.4 Å². The molecule has 8 nitrogen and oxygen atoms in total. The van der Waals surface area contributed by atoms with Crippen LogP contribution in [0.2, 0.25) is 0 Å². The average molecular weight is 592 g/mol. The molecule has 3 fully saturated rings. The maximum atomic E-state index is 16.7. The van der Waals surface area contributed by atoms with E-state index in [1.165, 1.54) is 6.07 Å². The predicted molar refractivity (Wildman–Crippen MR) is 162 cm³/mol. The second-order valence-electron chi connectivity index (χ2n) is 12.0. The van der Waals surface area contributed by atoms with Crippen molar-refractivity contribution < 1.29 is 17.9 Å². The van der Waals surface area contributed by atoms with Crippen molar-refractivity contribution in [2.24, 2.45) is 0 Å². The molecule has 2 aromatic carbocycles. The topological polar surface area (TPSA) is 92.4 Å². The van der Waals surface area contributed by atoms with Crippen molar-refractivity contribution in [3.05, 3.63) is 47.7 Å². The van der Waals surface area contributed by atoms with Crippen molar-refractivity contribution in [1.29, 1.82) is 0 Å². The lowest BCUT2D eigenvalue weighted by molar-refractivity contribution is 0.107. The number of aromatic nitrogens is 3. The Morgan fingerprint density at radius 3 is 2.86 bits per heavy atom. The molecular weight excluding hydrogens is 555 g/mol. The Morgan fingerprint density at radius 1 is 1.12 bits per heavy atom. The Bertz CT molecular complexity index is 1690. The molecule has 3 N–H and O–H groups in total. The van der Waals surface area contributed by atoms with Crippen molar-refractivity contribution in [2.75, 3.05) is 43.5 Å². The zero-order chi connectivity index (χ0) is 29.7. The SMILES string of the molecule is CCc1c(F)ccc2cc(N)cc(-c3ncc4c(N5CCCCCN5)nc(OC[C@@]56CCCN5C[C@H](F)C6)nc4c3F)c12. The van der Waals surface area contributed by atoms with Gasteiger partial charge in [-0.3, -0.25) is 14.9 Å². The molecule has 5 heterocycles. The Hall–Kier alpha value is -3.70. The highest BCUT2D eigenvalue weighted by molar-refractivity contribution is 6.02. The molecule has 3 saturated heterocycles. The van der Waals surface area contributed by atoms with Gasteiger partial charge < -0.3 is 10.5 Å². The largest absolute Gasteiger partial charge is 0.461 e.